The van der Waals surface area contributed by atoms with E-state index in [2.05, 4.69) is 0 Å². The third-order valence-electron chi connectivity index (χ3n) is 3.95. The summed E-state index contributed by atoms with van der Waals surface area (Å²) in [7, 11) is 2.41. The molecule has 23 heavy (non-hydrogen) atoms. The molecule has 0 atom stereocenters. The standard InChI is InChI=1S/C17H19NO5/c1-10-8-6-7-9-11(10)18-13(15(20)23-5)12(14(19)22-4)17(2,3)16(18)21/h6-9H,1-5H3. The predicted octanol–water partition coefficient (Wildman–Crippen LogP) is 1.97. The molecule has 0 aliphatic carbocycles. The van der Waals surface area contributed by atoms with E-state index in [0.29, 0.717) is 5.69 Å². The van der Waals surface area contributed by atoms with E-state index in [-0.39, 0.29) is 17.2 Å². The second-order valence-corrected chi connectivity index (χ2v) is 5.76. The Bertz CT molecular complexity index is 717. The van der Waals surface area contributed by atoms with Crippen LogP contribution in [0.3, 0.4) is 0 Å². The topological polar surface area (TPSA) is 72.9 Å². The number of methoxy groups -OCH3 is 2. The summed E-state index contributed by atoms with van der Waals surface area (Å²) in [6, 6.07) is 7.12. The number of carbonyl (C=O) groups excluding carboxylic acids is 3. The van der Waals surface area contributed by atoms with Gasteiger partial charge in [0.25, 0.3) is 0 Å². The van der Waals surface area contributed by atoms with Gasteiger partial charge in [-0.3, -0.25) is 9.69 Å². The van der Waals surface area contributed by atoms with Crippen molar-refractivity contribution < 1.29 is 23.9 Å². The van der Waals surface area contributed by atoms with Crippen molar-refractivity contribution in [3.05, 3.63) is 41.1 Å². The summed E-state index contributed by atoms with van der Waals surface area (Å²) in [5.41, 5.74) is 0.0385. The Hall–Kier alpha value is -2.63. The fourth-order valence-electron chi connectivity index (χ4n) is 2.68. The Kier molecular flexibility index (Phi) is 4.27. The number of hydrogen-bond donors (Lipinski definition) is 0. The summed E-state index contributed by atoms with van der Waals surface area (Å²) in [4.78, 5) is 38.6. The predicted molar refractivity (Wildman–Crippen MR) is 83.5 cm³/mol. The highest BCUT2D eigenvalue weighted by Gasteiger charge is 2.52. The molecule has 0 saturated carbocycles. The molecule has 1 aliphatic heterocycles. The summed E-state index contributed by atoms with van der Waals surface area (Å²) in [6.07, 6.45) is 0. The molecule has 0 aromatic heterocycles. The molecule has 2 rings (SSSR count). The minimum Gasteiger partial charge on any atom is -0.466 e. The first-order chi connectivity index (χ1) is 10.8. The zero-order valence-corrected chi connectivity index (χ0v) is 13.8. The SMILES string of the molecule is COC(=O)C1=C(C(=O)OC)C(C)(C)C(=O)N1c1ccccc1C. The van der Waals surface area contributed by atoms with Gasteiger partial charge in [0.2, 0.25) is 5.91 Å². The average Bonchev–Trinajstić information content (AvgIpc) is 2.74. The highest BCUT2D eigenvalue weighted by atomic mass is 16.5. The van der Waals surface area contributed by atoms with Crippen LogP contribution < -0.4 is 4.90 Å². The minimum atomic E-state index is -1.20. The van der Waals surface area contributed by atoms with Crippen LogP contribution in [0.5, 0.6) is 0 Å². The van der Waals surface area contributed by atoms with Gasteiger partial charge in [0.15, 0.2) is 0 Å². The second-order valence-electron chi connectivity index (χ2n) is 5.76. The van der Waals surface area contributed by atoms with Gasteiger partial charge in [0.1, 0.15) is 5.70 Å². The molecule has 0 fully saturated rings. The van der Waals surface area contributed by atoms with E-state index < -0.39 is 17.4 Å². The third-order valence-corrected chi connectivity index (χ3v) is 3.95. The minimum absolute atomic E-state index is 0.0000954. The molecular formula is C17H19NO5. The third kappa shape index (κ3) is 2.50. The summed E-state index contributed by atoms with van der Waals surface area (Å²) in [5.74, 6) is -1.86. The van der Waals surface area contributed by atoms with Crippen molar-refractivity contribution in [2.75, 3.05) is 19.1 Å². The molecule has 1 aromatic carbocycles. The van der Waals surface area contributed by atoms with Crippen molar-refractivity contribution in [3.8, 4) is 0 Å². The Labute approximate surface area is 134 Å². The van der Waals surface area contributed by atoms with Gasteiger partial charge in [0, 0.05) is 0 Å². The van der Waals surface area contributed by atoms with Gasteiger partial charge in [-0.15, -0.1) is 0 Å². The molecule has 0 spiro atoms. The number of amides is 1. The number of nitrogens with zero attached hydrogens (tertiary/aromatic N) is 1. The smallest absolute Gasteiger partial charge is 0.355 e. The Morgan fingerprint density at radius 2 is 1.61 bits per heavy atom. The van der Waals surface area contributed by atoms with Crippen molar-refractivity contribution >= 4 is 23.5 Å². The van der Waals surface area contributed by atoms with Crippen LogP contribution in [0, 0.1) is 12.3 Å². The zero-order valence-electron chi connectivity index (χ0n) is 13.8. The van der Waals surface area contributed by atoms with Gasteiger partial charge in [-0.25, -0.2) is 9.59 Å². The van der Waals surface area contributed by atoms with E-state index in [1.807, 2.05) is 19.1 Å². The Morgan fingerprint density at radius 3 is 2.13 bits per heavy atom. The number of para-hydroxylation sites is 1. The van der Waals surface area contributed by atoms with Crippen molar-refractivity contribution in [1.29, 1.82) is 0 Å². The maximum atomic E-state index is 12.9. The van der Waals surface area contributed by atoms with Gasteiger partial charge in [-0.1, -0.05) is 18.2 Å². The van der Waals surface area contributed by atoms with Gasteiger partial charge in [-0.2, -0.15) is 0 Å². The lowest BCUT2D eigenvalue weighted by Crippen LogP contribution is -2.35. The molecule has 1 aliphatic rings. The van der Waals surface area contributed by atoms with Crippen molar-refractivity contribution in [2.24, 2.45) is 5.41 Å². The molecule has 0 unspecified atom stereocenters. The van der Waals surface area contributed by atoms with Crippen molar-refractivity contribution in [3.63, 3.8) is 0 Å². The number of ether oxygens (including phenoxy) is 2. The zero-order chi connectivity index (χ0) is 17.4. The number of carbonyl (C=O) groups is 3. The van der Waals surface area contributed by atoms with Crippen LogP contribution in [0.25, 0.3) is 0 Å². The summed E-state index contributed by atoms with van der Waals surface area (Å²) in [6.45, 7) is 4.99. The number of anilines is 1. The quantitative estimate of drug-likeness (QED) is 0.797. The van der Waals surface area contributed by atoms with Crippen LogP contribution in [-0.4, -0.2) is 32.1 Å². The Morgan fingerprint density at radius 1 is 1.04 bits per heavy atom. The van der Waals surface area contributed by atoms with Crippen molar-refractivity contribution in [1.82, 2.24) is 0 Å². The first-order valence-corrected chi connectivity index (χ1v) is 7.09. The van der Waals surface area contributed by atoms with Crippen LogP contribution in [0.4, 0.5) is 5.69 Å². The number of esters is 2. The van der Waals surface area contributed by atoms with Crippen LogP contribution in [-0.2, 0) is 23.9 Å². The molecule has 6 heteroatoms. The van der Waals surface area contributed by atoms with Crippen LogP contribution in [0.2, 0.25) is 0 Å². The molecule has 1 heterocycles. The number of hydrogen-bond acceptors (Lipinski definition) is 5. The number of rotatable bonds is 3. The van der Waals surface area contributed by atoms with Crippen LogP contribution in [0.1, 0.15) is 19.4 Å². The molecule has 1 amide bonds. The molecule has 0 saturated heterocycles. The maximum absolute atomic E-state index is 12.9. The molecule has 0 N–H and O–H groups in total. The maximum Gasteiger partial charge on any atom is 0.355 e. The lowest BCUT2D eigenvalue weighted by Gasteiger charge is -2.23. The van der Waals surface area contributed by atoms with E-state index >= 15 is 0 Å². The monoisotopic (exact) mass is 317 g/mol. The van der Waals surface area contributed by atoms with E-state index in [1.54, 1.807) is 26.0 Å². The highest BCUT2D eigenvalue weighted by molar-refractivity contribution is 6.21. The molecule has 0 bridgehead atoms. The van der Waals surface area contributed by atoms with E-state index in [9.17, 15) is 14.4 Å². The van der Waals surface area contributed by atoms with Gasteiger partial charge in [-0.05, 0) is 32.4 Å². The molecule has 0 radical (unpaired) electrons. The Balaban J connectivity index is 2.78. The van der Waals surface area contributed by atoms with E-state index in [0.717, 1.165) is 5.56 Å². The highest BCUT2D eigenvalue weighted by Crippen LogP contribution is 2.43. The summed E-state index contributed by atoms with van der Waals surface area (Å²) in [5, 5.41) is 0. The van der Waals surface area contributed by atoms with Crippen LogP contribution in [0.15, 0.2) is 35.5 Å². The molecule has 122 valence electrons. The fourth-order valence-corrected chi connectivity index (χ4v) is 2.68. The lowest BCUT2D eigenvalue weighted by atomic mass is 9.85. The van der Waals surface area contributed by atoms with Gasteiger partial charge in [0.05, 0.1) is 30.9 Å². The largest absolute Gasteiger partial charge is 0.466 e. The molecule has 6 nitrogen and oxygen atoms in total. The van der Waals surface area contributed by atoms with E-state index in [4.69, 9.17) is 9.47 Å². The first-order valence-electron chi connectivity index (χ1n) is 7.09. The van der Waals surface area contributed by atoms with Gasteiger partial charge >= 0.3 is 11.9 Å². The lowest BCUT2D eigenvalue weighted by molar-refractivity contribution is -0.140. The van der Waals surface area contributed by atoms with Gasteiger partial charge < -0.3 is 9.47 Å². The summed E-state index contributed by atoms with van der Waals surface area (Å²) >= 11 is 0. The van der Waals surface area contributed by atoms with Crippen LogP contribution >= 0.6 is 0 Å². The molecular weight excluding hydrogens is 298 g/mol. The number of aryl methyl sites for hydroxylation is 1. The normalized spacial score (nSPS) is 16.6. The average molecular weight is 317 g/mol. The number of benzene rings is 1. The molecule has 1 aromatic rings. The fraction of sp³-hybridized carbons (Fsp3) is 0.353. The van der Waals surface area contributed by atoms with Crippen molar-refractivity contribution in [2.45, 2.75) is 20.8 Å². The first kappa shape index (κ1) is 16.7. The summed E-state index contributed by atoms with van der Waals surface area (Å²) < 4.78 is 9.57. The second kappa shape index (κ2) is 5.87. The van der Waals surface area contributed by atoms with E-state index in [1.165, 1.54) is 19.1 Å².